The van der Waals surface area contributed by atoms with Crippen LogP contribution in [-0.2, 0) is 27.2 Å². The van der Waals surface area contributed by atoms with E-state index in [4.69, 9.17) is 18.1 Å². The Morgan fingerprint density at radius 1 is 1.30 bits per heavy atom. The van der Waals surface area contributed by atoms with Crippen LogP contribution in [-0.4, -0.2) is 52.2 Å². The molecule has 0 amide bonds. The zero-order valence-corrected chi connectivity index (χ0v) is 14.4. The first-order valence-corrected chi connectivity index (χ1v) is 9.28. The standard InChI is InChI=1S/C10H24N2O6P2/c1-10(2)8-17-19(13,18-9-10)11-6-7-12(3)20(14,15-4)16-5/h6-9H2,1-5H3,(H,11,13). The van der Waals surface area contributed by atoms with E-state index < -0.39 is 15.5 Å². The molecule has 0 aromatic heterocycles. The molecule has 1 fully saturated rings. The molecule has 10 heteroatoms. The van der Waals surface area contributed by atoms with E-state index in [1.54, 1.807) is 7.05 Å². The van der Waals surface area contributed by atoms with E-state index in [-0.39, 0.29) is 12.0 Å². The maximum Gasteiger partial charge on any atom is 0.407 e. The van der Waals surface area contributed by atoms with Crippen molar-refractivity contribution in [3.8, 4) is 0 Å². The van der Waals surface area contributed by atoms with Crippen molar-refractivity contribution in [3.63, 3.8) is 0 Å². The van der Waals surface area contributed by atoms with Crippen molar-refractivity contribution in [1.82, 2.24) is 9.76 Å². The van der Waals surface area contributed by atoms with Gasteiger partial charge in [-0.3, -0.25) is 18.1 Å². The highest BCUT2D eigenvalue weighted by Gasteiger charge is 2.36. The highest BCUT2D eigenvalue weighted by molar-refractivity contribution is 7.51. The van der Waals surface area contributed by atoms with E-state index in [1.807, 2.05) is 13.8 Å². The van der Waals surface area contributed by atoms with Crippen molar-refractivity contribution in [2.24, 2.45) is 5.41 Å². The molecule has 1 rings (SSSR count). The van der Waals surface area contributed by atoms with Crippen LogP contribution < -0.4 is 5.09 Å². The summed E-state index contributed by atoms with van der Waals surface area (Å²) in [6.45, 7) is 5.24. The van der Waals surface area contributed by atoms with Crippen molar-refractivity contribution < 1.29 is 27.2 Å². The minimum absolute atomic E-state index is 0.145. The molecule has 0 spiro atoms. The lowest BCUT2D eigenvalue weighted by Gasteiger charge is -2.34. The zero-order valence-electron chi connectivity index (χ0n) is 12.6. The number of hydrogen-bond donors (Lipinski definition) is 1. The first-order valence-electron chi connectivity index (χ1n) is 6.24. The first-order chi connectivity index (χ1) is 9.16. The second-order valence-electron chi connectivity index (χ2n) is 5.33. The molecule has 1 aliphatic rings. The monoisotopic (exact) mass is 330 g/mol. The van der Waals surface area contributed by atoms with E-state index in [2.05, 4.69) is 5.09 Å². The van der Waals surface area contributed by atoms with Gasteiger partial charge in [-0.1, -0.05) is 13.8 Å². The first kappa shape index (κ1) is 18.3. The number of nitrogens with zero attached hydrogens (tertiary/aromatic N) is 1. The van der Waals surface area contributed by atoms with E-state index in [0.717, 1.165) is 0 Å². The van der Waals surface area contributed by atoms with Gasteiger partial charge >= 0.3 is 15.5 Å². The summed E-state index contributed by atoms with van der Waals surface area (Å²) in [6.07, 6.45) is 0. The van der Waals surface area contributed by atoms with Gasteiger partial charge in [0.1, 0.15) is 0 Å². The van der Waals surface area contributed by atoms with Gasteiger partial charge in [0.05, 0.1) is 13.2 Å². The molecule has 0 radical (unpaired) electrons. The van der Waals surface area contributed by atoms with E-state index in [9.17, 15) is 9.13 Å². The largest absolute Gasteiger partial charge is 0.407 e. The van der Waals surface area contributed by atoms with E-state index in [0.29, 0.717) is 19.8 Å². The summed E-state index contributed by atoms with van der Waals surface area (Å²) in [6, 6.07) is 0. The molecule has 0 aromatic carbocycles. The molecular weight excluding hydrogens is 306 g/mol. The minimum atomic E-state index is -3.27. The Morgan fingerprint density at radius 3 is 2.25 bits per heavy atom. The average molecular weight is 330 g/mol. The SMILES string of the molecule is COP(=O)(OC)N(C)CCNP1(=O)OCC(C)(C)CO1. The predicted octanol–water partition coefficient (Wildman–Crippen LogP) is 2.09. The molecule has 0 unspecified atom stereocenters. The maximum atomic E-state index is 12.2. The lowest BCUT2D eigenvalue weighted by Crippen LogP contribution is -2.35. The Morgan fingerprint density at radius 2 is 1.80 bits per heavy atom. The van der Waals surface area contributed by atoms with Crippen molar-refractivity contribution in [2.45, 2.75) is 13.8 Å². The molecule has 1 aliphatic heterocycles. The third-order valence-corrected chi connectivity index (χ3v) is 6.38. The quantitative estimate of drug-likeness (QED) is 0.710. The molecule has 0 aliphatic carbocycles. The highest BCUT2D eigenvalue weighted by atomic mass is 31.2. The van der Waals surface area contributed by atoms with Crippen LogP contribution in [0.1, 0.15) is 13.8 Å². The van der Waals surface area contributed by atoms with Crippen LogP contribution in [0, 0.1) is 5.41 Å². The summed E-state index contributed by atoms with van der Waals surface area (Å²) in [5, 5.41) is 2.72. The Balaban J connectivity index is 2.41. The van der Waals surface area contributed by atoms with Crippen LogP contribution in [0.4, 0.5) is 0 Å². The third kappa shape index (κ3) is 4.90. The minimum Gasteiger partial charge on any atom is -0.300 e. The molecular formula is C10H24N2O6P2. The lowest BCUT2D eigenvalue weighted by molar-refractivity contribution is 0.0371. The van der Waals surface area contributed by atoms with E-state index in [1.165, 1.54) is 18.9 Å². The van der Waals surface area contributed by atoms with Crippen LogP contribution in [0.2, 0.25) is 0 Å². The van der Waals surface area contributed by atoms with Crippen LogP contribution >= 0.6 is 15.5 Å². The van der Waals surface area contributed by atoms with Gasteiger partial charge in [0.15, 0.2) is 0 Å². The van der Waals surface area contributed by atoms with Crippen LogP contribution in [0.25, 0.3) is 0 Å². The number of nitrogens with one attached hydrogen (secondary N) is 1. The van der Waals surface area contributed by atoms with Gasteiger partial charge in [-0.25, -0.2) is 18.9 Å². The molecule has 1 N–H and O–H groups in total. The Bertz CT molecular complexity index is 395. The molecule has 120 valence electrons. The number of likely N-dealkylation sites (N-methyl/N-ethyl adjacent to an activating group) is 1. The normalized spacial score (nSPS) is 22.1. The summed E-state index contributed by atoms with van der Waals surface area (Å²) in [7, 11) is -2.31. The lowest BCUT2D eigenvalue weighted by atomic mass is 9.97. The Kier molecular flexibility index (Phi) is 6.38. The van der Waals surface area contributed by atoms with Crippen molar-refractivity contribution >= 4 is 15.5 Å². The van der Waals surface area contributed by atoms with Crippen molar-refractivity contribution in [1.29, 1.82) is 0 Å². The van der Waals surface area contributed by atoms with Gasteiger partial charge in [-0.2, -0.15) is 0 Å². The van der Waals surface area contributed by atoms with Crippen LogP contribution in [0.15, 0.2) is 0 Å². The van der Waals surface area contributed by atoms with Gasteiger partial charge in [0.25, 0.3) is 0 Å². The summed E-state index contributed by atoms with van der Waals surface area (Å²) >= 11 is 0. The van der Waals surface area contributed by atoms with Gasteiger partial charge < -0.3 is 0 Å². The fourth-order valence-electron chi connectivity index (χ4n) is 1.51. The van der Waals surface area contributed by atoms with Gasteiger partial charge in [0.2, 0.25) is 0 Å². The number of hydrogen-bond acceptors (Lipinski definition) is 6. The zero-order chi connectivity index (χ0) is 15.4. The Hall–Kier alpha value is 0.220. The average Bonchev–Trinajstić information content (AvgIpc) is 2.41. The summed E-state index contributed by atoms with van der Waals surface area (Å²) in [4.78, 5) is 0. The summed E-state index contributed by atoms with van der Waals surface area (Å²) in [5.74, 6) is 0. The van der Waals surface area contributed by atoms with Crippen molar-refractivity contribution in [2.75, 3.05) is 47.6 Å². The molecule has 1 heterocycles. The van der Waals surface area contributed by atoms with Gasteiger partial charge in [-0.15, -0.1) is 0 Å². The van der Waals surface area contributed by atoms with Gasteiger partial charge in [0, 0.05) is 32.7 Å². The van der Waals surface area contributed by atoms with Crippen molar-refractivity contribution in [3.05, 3.63) is 0 Å². The molecule has 1 saturated heterocycles. The smallest absolute Gasteiger partial charge is 0.300 e. The van der Waals surface area contributed by atoms with Gasteiger partial charge in [-0.05, 0) is 7.05 Å². The fraction of sp³-hybridized carbons (Fsp3) is 1.00. The fourth-order valence-corrected chi connectivity index (χ4v) is 4.24. The van der Waals surface area contributed by atoms with Crippen LogP contribution in [0.5, 0.6) is 0 Å². The summed E-state index contributed by atoms with van der Waals surface area (Å²) in [5.41, 5.74) is -0.145. The number of rotatable bonds is 7. The topological polar surface area (TPSA) is 86.3 Å². The molecule has 8 nitrogen and oxygen atoms in total. The maximum absolute atomic E-state index is 12.2. The molecule has 0 aromatic rings. The summed E-state index contributed by atoms with van der Waals surface area (Å²) < 4.78 is 45.9. The van der Waals surface area contributed by atoms with Crippen LogP contribution in [0.3, 0.4) is 0 Å². The Labute approximate surface area is 120 Å². The highest BCUT2D eigenvalue weighted by Crippen LogP contribution is 2.51. The molecule has 0 bridgehead atoms. The van der Waals surface area contributed by atoms with E-state index >= 15 is 0 Å². The molecule has 0 atom stereocenters. The molecule has 0 saturated carbocycles. The predicted molar refractivity (Wildman–Crippen MR) is 75.5 cm³/mol. The molecule has 20 heavy (non-hydrogen) atoms. The third-order valence-electron chi connectivity index (χ3n) is 2.87. The second kappa shape index (κ2) is 6.99. The second-order valence-corrected chi connectivity index (χ2v) is 9.51.